The SMILES string of the molecule is COc1nn(C)c2nc(C)c(CCC(=O)Nc3cc(Cl)ccc3N3CCN(C)CC3)c(C)c12. The fourth-order valence-electron chi connectivity index (χ4n) is 4.49. The summed E-state index contributed by atoms with van der Waals surface area (Å²) in [4.78, 5) is 22.3. The van der Waals surface area contributed by atoms with Crippen LogP contribution in [0.15, 0.2) is 18.2 Å². The fraction of sp³-hybridized carbons (Fsp3) is 0.458. The number of benzene rings is 1. The van der Waals surface area contributed by atoms with Crippen molar-refractivity contribution < 1.29 is 9.53 Å². The Balaban J connectivity index is 1.52. The zero-order valence-electron chi connectivity index (χ0n) is 19.9. The van der Waals surface area contributed by atoms with E-state index in [-0.39, 0.29) is 5.91 Å². The minimum Gasteiger partial charge on any atom is -0.479 e. The van der Waals surface area contributed by atoms with Crippen LogP contribution in [0.3, 0.4) is 0 Å². The molecule has 3 heterocycles. The molecule has 1 amide bonds. The molecule has 0 unspecified atom stereocenters. The normalized spacial score (nSPS) is 14.7. The molecule has 0 radical (unpaired) electrons. The summed E-state index contributed by atoms with van der Waals surface area (Å²) in [6, 6.07) is 5.70. The van der Waals surface area contributed by atoms with E-state index in [2.05, 4.69) is 27.3 Å². The van der Waals surface area contributed by atoms with Gasteiger partial charge in [0.1, 0.15) is 0 Å². The van der Waals surface area contributed by atoms with Crippen molar-refractivity contribution in [1.29, 1.82) is 0 Å². The van der Waals surface area contributed by atoms with Gasteiger partial charge in [0.25, 0.3) is 0 Å². The van der Waals surface area contributed by atoms with Gasteiger partial charge in [-0.1, -0.05) is 11.6 Å². The van der Waals surface area contributed by atoms with Crippen LogP contribution in [0.5, 0.6) is 5.88 Å². The number of piperazine rings is 1. The molecule has 8 nitrogen and oxygen atoms in total. The number of hydrogen-bond acceptors (Lipinski definition) is 6. The second-order valence-electron chi connectivity index (χ2n) is 8.63. The highest BCUT2D eigenvalue weighted by atomic mass is 35.5. The number of carbonyl (C=O) groups is 1. The second-order valence-corrected chi connectivity index (χ2v) is 9.07. The van der Waals surface area contributed by atoms with Crippen molar-refractivity contribution in [3.05, 3.63) is 40.0 Å². The van der Waals surface area contributed by atoms with Crippen molar-refractivity contribution in [3.8, 4) is 5.88 Å². The quantitative estimate of drug-likeness (QED) is 0.593. The number of pyridine rings is 1. The third kappa shape index (κ3) is 4.77. The summed E-state index contributed by atoms with van der Waals surface area (Å²) in [6.07, 6.45) is 0.918. The number of amides is 1. The van der Waals surface area contributed by atoms with E-state index in [9.17, 15) is 4.79 Å². The number of rotatable bonds is 6. The minimum absolute atomic E-state index is 0.0512. The fourth-order valence-corrected chi connectivity index (χ4v) is 4.66. The number of methoxy groups -OCH3 is 1. The molecule has 0 saturated carbocycles. The van der Waals surface area contributed by atoms with Gasteiger partial charge >= 0.3 is 0 Å². The third-order valence-electron chi connectivity index (χ3n) is 6.39. The maximum Gasteiger partial charge on any atom is 0.242 e. The zero-order chi connectivity index (χ0) is 23.7. The van der Waals surface area contributed by atoms with Crippen molar-refractivity contribution >= 4 is 39.9 Å². The van der Waals surface area contributed by atoms with E-state index in [1.165, 1.54) is 0 Å². The molecule has 4 rings (SSSR count). The van der Waals surface area contributed by atoms with Gasteiger partial charge in [0.2, 0.25) is 11.8 Å². The van der Waals surface area contributed by atoms with Gasteiger partial charge in [-0.3, -0.25) is 4.79 Å². The minimum atomic E-state index is -0.0512. The van der Waals surface area contributed by atoms with Crippen molar-refractivity contribution in [1.82, 2.24) is 19.7 Å². The largest absolute Gasteiger partial charge is 0.479 e. The van der Waals surface area contributed by atoms with Crippen molar-refractivity contribution in [2.75, 3.05) is 50.6 Å². The van der Waals surface area contributed by atoms with Gasteiger partial charge in [0, 0.05) is 50.4 Å². The van der Waals surface area contributed by atoms with Crippen LogP contribution in [0.25, 0.3) is 11.0 Å². The lowest BCUT2D eigenvalue weighted by atomic mass is 10.00. The topological polar surface area (TPSA) is 75.5 Å². The number of carbonyl (C=O) groups excluding carboxylic acids is 1. The van der Waals surface area contributed by atoms with Gasteiger partial charge < -0.3 is 19.9 Å². The first-order chi connectivity index (χ1) is 15.8. The predicted molar refractivity (Wildman–Crippen MR) is 133 cm³/mol. The van der Waals surface area contributed by atoms with Crippen LogP contribution in [0, 0.1) is 13.8 Å². The van der Waals surface area contributed by atoms with Crippen molar-refractivity contribution in [3.63, 3.8) is 0 Å². The number of anilines is 2. The first-order valence-corrected chi connectivity index (χ1v) is 11.6. The first kappa shape index (κ1) is 23.3. The number of aromatic nitrogens is 3. The van der Waals surface area contributed by atoms with E-state index in [1.807, 2.05) is 39.1 Å². The molecule has 1 aliphatic heterocycles. The summed E-state index contributed by atoms with van der Waals surface area (Å²) in [7, 11) is 5.59. The number of hydrogen-bond donors (Lipinski definition) is 1. The number of nitrogens with one attached hydrogen (secondary N) is 1. The first-order valence-electron chi connectivity index (χ1n) is 11.2. The van der Waals surface area contributed by atoms with Gasteiger partial charge in [-0.15, -0.1) is 5.10 Å². The summed E-state index contributed by atoms with van der Waals surface area (Å²) >= 11 is 6.26. The van der Waals surface area contributed by atoms with E-state index in [1.54, 1.807) is 11.8 Å². The zero-order valence-corrected chi connectivity index (χ0v) is 20.7. The Kier molecular flexibility index (Phi) is 6.76. The summed E-state index contributed by atoms with van der Waals surface area (Å²) < 4.78 is 7.17. The van der Waals surface area contributed by atoms with Gasteiger partial charge in [-0.2, -0.15) is 0 Å². The van der Waals surface area contributed by atoms with E-state index in [0.29, 0.717) is 23.7 Å². The van der Waals surface area contributed by atoms with Gasteiger partial charge in [-0.05, 0) is 56.6 Å². The maximum atomic E-state index is 13.0. The lowest BCUT2D eigenvalue weighted by molar-refractivity contribution is -0.116. The molecule has 1 aromatic carbocycles. The summed E-state index contributed by atoms with van der Waals surface area (Å²) in [6.45, 7) is 7.82. The molecule has 0 aliphatic carbocycles. The number of aryl methyl sites for hydroxylation is 3. The number of likely N-dealkylation sites (N-methyl/N-ethyl adjacent to an activating group) is 1. The average Bonchev–Trinajstić information content (AvgIpc) is 3.10. The van der Waals surface area contributed by atoms with Crippen molar-refractivity contribution in [2.45, 2.75) is 26.7 Å². The molecule has 1 aliphatic rings. The van der Waals surface area contributed by atoms with Crippen LogP contribution in [0.4, 0.5) is 11.4 Å². The molecule has 1 saturated heterocycles. The lowest BCUT2D eigenvalue weighted by Gasteiger charge is -2.35. The van der Waals surface area contributed by atoms with Crippen molar-refractivity contribution in [2.24, 2.45) is 7.05 Å². The Morgan fingerprint density at radius 2 is 1.91 bits per heavy atom. The van der Waals surface area contributed by atoms with Crippen LogP contribution in [-0.2, 0) is 18.3 Å². The Hall–Kier alpha value is -2.84. The molecule has 0 bridgehead atoms. The third-order valence-corrected chi connectivity index (χ3v) is 6.63. The molecule has 1 fully saturated rings. The highest BCUT2D eigenvalue weighted by Gasteiger charge is 2.20. The number of fused-ring (bicyclic) bond motifs is 1. The number of halogens is 1. The molecule has 33 heavy (non-hydrogen) atoms. The van der Waals surface area contributed by atoms with Gasteiger partial charge in [0.15, 0.2) is 5.65 Å². The Morgan fingerprint density at radius 3 is 2.61 bits per heavy atom. The maximum absolute atomic E-state index is 13.0. The Morgan fingerprint density at radius 1 is 1.18 bits per heavy atom. The highest BCUT2D eigenvalue weighted by molar-refractivity contribution is 6.31. The predicted octanol–water partition coefficient (Wildman–Crippen LogP) is 3.57. The van der Waals surface area contributed by atoms with Gasteiger partial charge in [-0.25, -0.2) is 9.67 Å². The van der Waals surface area contributed by atoms with E-state index < -0.39 is 0 Å². The lowest BCUT2D eigenvalue weighted by Crippen LogP contribution is -2.44. The average molecular weight is 471 g/mol. The van der Waals surface area contributed by atoms with Crippen LogP contribution < -0.4 is 15.0 Å². The molecular weight excluding hydrogens is 440 g/mol. The summed E-state index contributed by atoms with van der Waals surface area (Å²) in [5, 5.41) is 9.00. The molecule has 176 valence electrons. The standard InChI is InChI=1S/C24H31ClN6O2/c1-15-18(16(2)26-23-22(15)24(33-5)28-30(23)4)7-9-21(32)27-19-14-17(25)6-8-20(19)31-12-10-29(3)11-13-31/h6,8,14H,7,9-13H2,1-5H3,(H,27,32). The molecule has 3 aromatic rings. The van der Waals surface area contributed by atoms with Gasteiger partial charge in [0.05, 0.1) is 23.9 Å². The Labute approximate surface area is 199 Å². The smallest absolute Gasteiger partial charge is 0.242 e. The summed E-state index contributed by atoms with van der Waals surface area (Å²) in [5.41, 5.74) is 5.56. The van der Waals surface area contributed by atoms with Crippen LogP contribution >= 0.6 is 11.6 Å². The molecule has 0 spiro atoms. The molecule has 1 N–H and O–H groups in total. The van der Waals surface area contributed by atoms with Crippen LogP contribution in [0.1, 0.15) is 23.2 Å². The number of nitrogens with zero attached hydrogens (tertiary/aromatic N) is 5. The second kappa shape index (κ2) is 9.57. The molecule has 9 heteroatoms. The van der Waals surface area contributed by atoms with Crippen LogP contribution in [-0.4, -0.2) is 65.9 Å². The monoisotopic (exact) mass is 470 g/mol. The Bertz CT molecular complexity index is 1180. The summed E-state index contributed by atoms with van der Waals surface area (Å²) in [5.74, 6) is 0.503. The highest BCUT2D eigenvalue weighted by Crippen LogP contribution is 2.32. The van der Waals surface area contributed by atoms with E-state index in [4.69, 9.17) is 21.3 Å². The van der Waals surface area contributed by atoms with Crippen LogP contribution in [0.2, 0.25) is 5.02 Å². The molecule has 2 aromatic heterocycles. The molecule has 0 atom stereocenters. The number of ether oxygens (including phenoxy) is 1. The van der Waals surface area contributed by atoms with E-state index in [0.717, 1.165) is 65.4 Å². The molecular formula is C24H31ClN6O2. The van der Waals surface area contributed by atoms with E-state index >= 15 is 0 Å².